The van der Waals surface area contributed by atoms with Gasteiger partial charge in [-0.25, -0.2) is 8.78 Å². The van der Waals surface area contributed by atoms with Gasteiger partial charge in [0, 0.05) is 13.0 Å². The lowest BCUT2D eigenvalue weighted by Crippen LogP contribution is -2.37. The Balaban J connectivity index is 1.82. The van der Waals surface area contributed by atoms with E-state index in [4.69, 9.17) is 5.73 Å². The van der Waals surface area contributed by atoms with Gasteiger partial charge in [0.05, 0.1) is 5.92 Å². The van der Waals surface area contributed by atoms with Gasteiger partial charge >= 0.3 is 0 Å². The first-order chi connectivity index (χ1) is 11.9. The number of aryl methyl sites for hydroxylation is 1. The van der Waals surface area contributed by atoms with E-state index in [2.05, 4.69) is 5.32 Å². The molecule has 0 aliphatic carbocycles. The molecule has 6 heteroatoms. The van der Waals surface area contributed by atoms with Gasteiger partial charge in [0.1, 0.15) is 11.6 Å². The standard InChI is InChI=1S/C19H20F2N2O2/c20-16-7-4-14(5-8-16)10-15(19(22)25)12-23-18(24)9-6-13-2-1-3-17(21)11-13/h1-5,7-8,11,15H,6,9-10,12H2,(H2,22,25)(H,23,24). The van der Waals surface area contributed by atoms with E-state index in [1.165, 1.54) is 24.3 Å². The first-order valence-electron chi connectivity index (χ1n) is 7.99. The summed E-state index contributed by atoms with van der Waals surface area (Å²) >= 11 is 0. The molecule has 2 aromatic carbocycles. The zero-order valence-corrected chi connectivity index (χ0v) is 13.7. The predicted octanol–water partition coefficient (Wildman–Crippen LogP) is 2.36. The first-order valence-corrected chi connectivity index (χ1v) is 7.99. The maximum absolute atomic E-state index is 13.1. The van der Waals surface area contributed by atoms with Gasteiger partial charge in [-0.15, -0.1) is 0 Å². The van der Waals surface area contributed by atoms with Crippen molar-refractivity contribution in [2.75, 3.05) is 6.54 Å². The van der Waals surface area contributed by atoms with E-state index in [9.17, 15) is 18.4 Å². The van der Waals surface area contributed by atoms with Crippen LogP contribution in [0.1, 0.15) is 17.5 Å². The minimum absolute atomic E-state index is 0.106. The Bertz CT molecular complexity index is 732. The van der Waals surface area contributed by atoms with Gasteiger partial charge in [0.15, 0.2) is 0 Å². The summed E-state index contributed by atoms with van der Waals surface area (Å²) in [7, 11) is 0. The molecule has 1 unspecified atom stereocenters. The molecule has 0 saturated carbocycles. The lowest BCUT2D eigenvalue weighted by molar-refractivity contribution is -0.123. The van der Waals surface area contributed by atoms with Crippen molar-refractivity contribution in [2.24, 2.45) is 11.7 Å². The van der Waals surface area contributed by atoms with E-state index in [0.717, 1.165) is 11.1 Å². The highest BCUT2D eigenvalue weighted by Crippen LogP contribution is 2.10. The molecular formula is C19H20F2N2O2. The third kappa shape index (κ3) is 6.33. The number of halogens is 2. The second-order valence-corrected chi connectivity index (χ2v) is 5.86. The largest absolute Gasteiger partial charge is 0.369 e. The molecule has 0 aliphatic rings. The van der Waals surface area contributed by atoms with E-state index in [1.807, 2.05) is 0 Å². The van der Waals surface area contributed by atoms with E-state index in [-0.39, 0.29) is 30.5 Å². The highest BCUT2D eigenvalue weighted by Gasteiger charge is 2.17. The Hall–Kier alpha value is -2.76. The molecule has 2 rings (SSSR count). The van der Waals surface area contributed by atoms with Crippen LogP contribution in [-0.2, 0) is 22.4 Å². The summed E-state index contributed by atoms with van der Waals surface area (Å²) < 4.78 is 26.0. The van der Waals surface area contributed by atoms with E-state index < -0.39 is 11.8 Å². The molecule has 3 N–H and O–H groups in total. The maximum atomic E-state index is 13.1. The Kier molecular flexibility index (Phi) is 6.62. The molecule has 4 nitrogen and oxygen atoms in total. The molecule has 0 heterocycles. The number of benzene rings is 2. The van der Waals surface area contributed by atoms with Crippen molar-refractivity contribution in [1.29, 1.82) is 0 Å². The van der Waals surface area contributed by atoms with Crippen LogP contribution >= 0.6 is 0 Å². The van der Waals surface area contributed by atoms with Crippen LogP contribution in [-0.4, -0.2) is 18.4 Å². The number of hydrogen-bond donors (Lipinski definition) is 2. The summed E-state index contributed by atoms with van der Waals surface area (Å²) in [6, 6.07) is 11.8. The number of nitrogens with one attached hydrogen (secondary N) is 1. The van der Waals surface area contributed by atoms with Crippen LogP contribution in [0.4, 0.5) is 8.78 Å². The Morgan fingerprint density at radius 1 is 1.00 bits per heavy atom. The zero-order valence-electron chi connectivity index (χ0n) is 13.7. The van der Waals surface area contributed by atoms with Crippen LogP contribution < -0.4 is 11.1 Å². The van der Waals surface area contributed by atoms with Gasteiger partial charge in [0.2, 0.25) is 11.8 Å². The summed E-state index contributed by atoms with van der Waals surface area (Å²) in [5, 5.41) is 2.67. The van der Waals surface area contributed by atoms with Crippen molar-refractivity contribution in [3.05, 3.63) is 71.3 Å². The Labute approximate surface area is 145 Å². The Morgan fingerprint density at radius 2 is 1.72 bits per heavy atom. The van der Waals surface area contributed by atoms with Gasteiger partial charge in [-0.1, -0.05) is 24.3 Å². The second-order valence-electron chi connectivity index (χ2n) is 5.86. The Morgan fingerprint density at radius 3 is 2.36 bits per heavy atom. The lowest BCUT2D eigenvalue weighted by Gasteiger charge is -2.14. The minimum Gasteiger partial charge on any atom is -0.369 e. The third-order valence-electron chi connectivity index (χ3n) is 3.87. The average Bonchev–Trinajstić information content (AvgIpc) is 2.58. The number of carbonyl (C=O) groups is 2. The van der Waals surface area contributed by atoms with Gasteiger partial charge in [0.25, 0.3) is 0 Å². The van der Waals surface area contributed by atoms with Crippen molar-refractivity contribution < 1.29 is 18.4 Å². The number of amides is 2. The molecule has 0 saturated heterocycles. The summed E-state index contributed by atoms with van der Waals surface area (Å²) in [4.78, 5) is 23.5. The van der Waals surface area contributed by atoms with E-state index >= 15 is 0 Å². The number of carbonyl (C=O) groups excluding carboxylic acids is 2. The van der Waals surface area contributed by atoms with Gasteiger partial charge in [-0.2, -0.15) is 0 Å². The molecule has 1 atom stereocenters. The molecule has 2 aromatic rings. The van der Waals surface area contributed by atoms with Gasteiger partial charge < -0.3 is 11.1 Å². The monoisotopic (exact) mass is 346 g/mol. The minimum atomic E-state index is -0.580. The highest BCUT2D eigenvalue weighted by molar-refractivity contribution is 5.80. The third-order valence-corrected chi connectivity index (χ3v) is 3.87. The average molecular weight is 346 g/mol. The fraction of sp³-hybridized carbons (Fsp3) is 0.263. The van der Waals surface area contributed by atoms with Crippen molar-refractivity contribution in [3.63, 3.8) is 0 Å². The van der Waals surface area contributed by atoms with Crippen LogP contribution in [0.25, 0.3) is 0 Å². The fourth-order valence-electron chi connectivity index (χ4n) is 2.45. The number of hydrogen-bond acceptors (Lipinski definition) is 2. The van der Waals surface area contributed by atoms with Crippen LogP contribution in [0, 0.1) is 17.6 Å². The van der Waals surface area contributed by atoms with Crippen LogP contribution in [0.2, 0.25) is 0 Å². The molecular weight excluding hydrogens is 326 g/mol. The van der Waals surface area contributed by atoms with Crippen molar-refractivity contribution in [2.45, 2.75) is 19.3 Å². The second kappa shape index (κ2) is 8.92. The first kappa shape index (κ1) is 18.6. The van der Waals surface area contributed by atoms with E-state index in [1.54, 1.807) is 24.3 Å². The van der Waals surface area contributed by atoms with Crippen molar-refractivity contribution >= 4 is 11.8 Å². The summed E-state index contributed by atoms with van der Waals surface area (Å²) in [5.74, 6) is -2.05. The molecule has 0 bridgehead atoms. The molecule has 132 valence electrons. The summed E-state index contributed by atoms with van der Waals surface area (Å²) in [5.41, 5.74) is 6.87. The van der Waals surface area contributed by atoms with Crippen LogP contribution in [0.3, 0.4) is 0 Å². The number of nitrogens with two attached hydrogens (primary N) is 1. The lowest BCUT2D eigenvalue weighted by atomic mass is 9.98. The molecule has 0 radical (unpaired) electrons. The summed E-state index contributed by atoms with van der Waals surface area (Å²) in [6.45, 7) is 0.106. The molecule has 25 heavy (non-hydrogen) atoms. The quantitative estimate of drug-likeness (QED) is 0.770. The van der Waals surface area contributed by atoms with Crippen molar-refractivity contribution in [3.8, 4) is 0 Å². The van der Waals surface area contributed by atoms with Crippen molar-refractivity contribution in [1.82, 2.24) is 5.32 Å². The van der Waals surface area contributed by atoms with Crippen LogP contribution in [0.5, 0.6) is 0 Å². The molecule has 0 aliphatic heterocycles. The molecule has 0 aromatic heterocycles. The predicted molar refractivity (Wildman–Crippen MR) is 90.5 cm³/mol. The molecule has 0 spiro atoms. The van der Waals surface area contributed by atoms with E-state index in [0.29, 0.717) is 12.8 Å². The normalized spacial score (nSPS) is 11.8. The molecule has 0 fully saturated rings. The summed E-state index contributed by atoms with van der Waals surface area (Å²) in [6.07, 6.45) is 0.911. The van der Waals surface area contributed by atoms with Gasteiger partial charge in [-0.05, 0) is 48.2 Å². The number of primary amides is 1. The van der Waals surface area contributed by atoms with Crippen LogP contribution in [0.15, 0.2) is 48.5 Å². The SMILES string of the molecule is NC(=O)C(CNC(=O)CCc1cccc(F)c1)Cc1ccc(F)cc1. The zero-order chi connectivity index (χ0) is 18.2. The number of rotatable bonds is 8. The topological polar surface area (TPSA) is 72.2 Å². The fourth-order valence-corrected chi connectivity index (χ4v) is 2.45. The smallest absolute Gasteiger partial charge is 0.222 e. The highest BCUT2D eigenvalue weighted by atomic mass is 19.1. The van der Waals surface area contributed by atoms with Gasteiger partial charge in [-0.3, -0.25) is 9.59 Å². The maximum Gasteiger partial charge on any atom is 0.222 e. The molecule has 2 amide bonds.